The molecule has 0 bridgehead atoms. The fourth-order valence-electron chi connectivity index (χ4n) is 3.03. The Morgan fingerprint density at radius 2 is 2.42 bits per heavy atom. The maximum absolute atomic E-state index is 12.3. The van der Waals surface area contributed by atoms with Crippen molar-refractivity contribution in [3.8, 4) is 0 Å². The van der Waals surface area contributed by atoms with Crippen molar-refractivity contribution in [2.45, 2.75) is 38.3 Å². The average molecular weight is 335 g/mol. The molecule has 0 unspecified atom stereocenters. The zero-order chi connectivity index (χ0) is 17.4. The molecule has 0 aromatic carbocycles. The van der Waals surface area contributed by atoms with Gasteiger partial charge in [0.05, 0.1) is 6.04 Å². The van der Waals surface area contributed by atoms with E-state index in [1.807, 2.05) is 26.1 Å². The minimum atomic E-state index is -0.153. The molecule has 0 saturated carbocycles. The monoisotopic (exact) mass is 335 g/mol. The molecule has 2 atom stereocenters. The molecule has 1 aromatic heterocycles. The molecular formula is C17H29N5O2. The van der Waals surface area contributed by atoms with Crippen LogP contribution in [0.1, 0.15) is 26.2 Å². The van der Waals surface area contributed by atoms with Crippen molar-refractivity contribution in [3.63, 3.8) is 0 Å². The second kappa shape index (κ2) is 9.54. The van der Waals surface area contributed by atoms with Crippen molar-refractivity contribution in [3.05, 3.63) is 18.3 Å². The summed E-state index contributed by atoms with van der Waals surface area (Å²) in [5, 5.41) is 11.1. The lowest BCUT2D eigenvalue weighted by molar-refractivity contribution is -0.126. The van der Waals surface area contributed by atoms with Crippen LogP contribution in [0.5, 0.6) is 0 Å². The molecule has 1 N–H and O–H groups in total. The predicted octanol–water partition coefficient (Wildman–Crippen LogP) is 0.918. The van der Waals surface area contributed by atoms with Crippen LogP contribution in [0.2, 0.25) is 0 Å². The molecule has 134 valence electrons. The van der Waals surface area contributed by atoms with Crippen molar-refractivity contribution >= 4 is 11.7 Å². The van der Waals surface area contributed by atoms with E-state index in [0.717, 1.165) is 38.2 Å². The van der Waals surface area contributed by atoms with Crippen LogP contribution in [0, 0.1) is 0 Å². The van der Waals surface area contributed by atoms with Gasteiger partial charge >= 0.3 is 0 Å². The highest BCUT2D eigenvalue weighted by molar-refractivity contribution is 5.81. The number of carbonyl (C=O) groups excluding carboxylic acids is 1. The Balaban J connectivity index is 1.86. The summed E-state index contributed by atoms with van der Waals surface area (Å²) in [6, 6.07) is 4.08. The maximum atomic E-state index is 12.3. The van der Waals surface area contributed by atoms with E-state index >= 15 is 0 Å². The Labute approximate surface area is 144 Å². The lowest BCUT2D eigenvalue weighted by Gasteiger charge is -2.40. The quantitative estimate of drug-likeness (QED) is 0.713. The van der Waals surface area contributed by atoms with Crippen LogP contribution < -0.4 is 10.2 Å². The molecule has 2 rings (SSSR count). The summed E-state index contributed by atoms with van der Waals surface area (Å²) >= 11 is 0. The number of rotatable bonds is 8. The van der Waals surface area contributed by atoms with Gasteiger partial charge in [-0.3, -0.25) is 9.69 Å². The summed E-state index contributed by atoms with van der Waals surface area (Å²) in [6.07, 6.45) is 4.71. The fraction of sp³-hybridized carbons (Fsp3) is 0.706. The van der Waals surface area contributed by atoms with Crippen LogP contribution in [0.15, 0.2) is 18.3 Å². The number of aromatic nitrogens is 2. The van der Waals surface area contributed by atoms with Crippen LogP contribution in [-0.2, 0) is 9.53 Å². The first-order chi connectivity index (χ1) is 11.6. The van der Waals surface area contributed by atoms with E-state index in [1.54, 1.807) is 13.3 Å². The largest absolute Gasteiger partial charge is 0.385 e. The molecule has 1 saturated heterocycles. The number of methoxy groups -OCH3 is 1. The number of hydrogen-bond donors (Lipinski definition) is 1. The lowest BCUT2D eigenvalue weighted by atomic mass is 10.0. The molecule has 0 aliphatic carbocycles. The van der Waals surface area contributed by atoms with E-state index in [0.29, 0.717) is 19.2 Å². The van der Waals surface area contributed by atoms with Gasteiger partial charge in [-0.15, -0.1) is 5.10 Å². The Kier molecular flexibility index (Phi) is 7.39. The molecule has 1 aliphatic heterocycles. The van der Waals surface area contributed by atoms with Crippen molar-refractivity contribution in [2.75, 3.05) is 45.3 Å². The van der Waals surface area contributed by atoms with Gasteiger partial charge < -0.3 is 15.0 Å². The van der Waals surface area contributed by atoms with Crippen LogP contribution in [0.4, 0.5) is 5.82 Å². The normalized spacial score (nSPS) is 19.3. The topological polar surface area (TPSA) is 70.6 Å². The number of amides is 1. The van der Waals surface area contributed by atoms with Gasteiger partial charge in [-0.25, -0.2) is 0 Å². The first kappa shape index (κ1) is 18.6. The Morgan fingerprint density at radius 1 is 1.58 bits per heavy atom. The van der Waals surface area contributed by atoms with E-state index in [4.69, 9.17) is 4.74 Å². The molecule has 0 spiro atoms. The predicted molar refractivity (Wildman–Crippen MR) is 94.0 cm³/mol. The molecule has 2 heterocycles. The molecule has 1 aliphatic rings. The molecule has 0 radical (unpaired) electrons. The SMILES string of the molecule is COCCCNC(=O)[C@H](C)N(C)[C@H]1CCCN(c2cccnn2)C1. The van der Waals surface area contributed by atoms with Crippen molar-refractivity contribution in [2.24, 2.45) is 0 Å². The standard InChI is InChI=1S/C17H29N5O2/c1-14(17(23)18-9-6-12-24-3)21(2)15-7-5-11-22(13-15)16-8-4-10-19-20-16/h4,8,10,14-15H,5-7,9,11-13H2,1-3H3,(H,18,23)/t14-,15-/m0/s1. The van der Waals surface area contributed by atoms with E-state index in [2.05, 4.69) is 25.3 Å². The second-order valence-corrected chi connectivity index (χ2v) is 6.30. The van der Waals surface area contributed by atoms with E-state index in [1.165, 1.54) is 0 Å². The van der Waals surface area contributed by atoms with Gasteiger partial charge in [0.2, 0.25) is 5.91 Å². The molecule has 1 fully saturated rings. The molecule has 1 amide bonds. The number of nitrogens with zero attached hydrogens (tertiary/aromatic N) is 4. The van der Waals surface area contributed by atoms with Gasteiger partial charge in [0.15, 0.2) is 5.82 Å². The average Bonchev–Trinajstić information content (AvgIpc) is 2.64. The first-order valence-corrected chi connectivity index (χ1v) is 8.64. The number of carbonyl (C=O) groups is 1. The fourth-order valence-corrected chi connectivity index (χ4v) is 3.03. The summed E-state index contributed by atoms with van der Waals surface area (Å²) in [7, 11) is 3.70. The smallest absolute Gasteiger partial charge is 0.237 e. The molecule has 24 heavy (non-hydrogen) atoms. The molecule has 7 nitrogen and oxygen atoms in total. The van der Waals surface area contributed by atoms with Crippen LogP contribution >= 0.6 is 0 Å². The molecule has 7 heteroatoms. The third-order valence-corrected chi connectivity index (χ3v) is 4.67. The maximum Gasteiger partial charge on any atom is 0.237 e. The van der Waals surface area contributed by atoms with Gasteiger partial charge in [-0.1, -0.05) is 0 Å². The van der Waals surface area contributed by atoms with Gasteiger partial charge in [-0.2, -0.15) is 5.10 Å². The Hall–Kier alpha value is -1.73. The number of ether oxygens (including phenoxy) is 1. The van der Waals surface area contributed by atoms with Crippen molar-refractivity contribution < 1.29 is 9.53 Å². The summed E-state index contributed by atoms with van der Waals surface area (Å²) in [4.78, 5) is 16.7. The Morgan fingerprint density at radius 3 is 3.12 bits per heavy atom. The lowest BCUT2D eigenvalue weighted by Crippen LogP contribution is -2.53. The number of hydrogen-bond acceptors (Lipinski definition) is 6. The van der Waals surface area contributed by atoms with E-state index in [9.17, 15) is 4.79 Å². The zero-order valence-corrected chi connectivity index (χ0v) is 14.9. The zero-order valence-electron chi connectivity index (χ0n) is 14.9. The summed E-state index contributed by atoms with van der Waals surface area (Å²) < 4.78 is 5.00. The van der Waals surface area contributed by atoms with Crippen LogP contribution in [0.25, 0.3) is 0 Å². The number of piperidine rings is 1. The van der Waals surface area contributed by atoms with Gasteiger partial charge in [0, 0.05) is 45.6 Å². The Bertz CT molecular complexity index is 499. The van der Waals surface area contributed by atoms with Crippen molar-refractivity contribution in [1.82, 2.24) is 20.4 Å². The second-order valence-electron chi connectivity index (χ2n) is 6.30. The minimum absolute atomic E-state index is 0.0743. The molecular weight excluding hydrogens is 306 g/mol. The number of anilines is 1. The highest BCUT2D eigenvalue weighted by Gasteiger charge is 2.29. The van der Waals surface area contributed by atoms with Gasteiger partial charge in [0.1, 0.15) is 0 Å². The highest BCUT2D eigenvalue weighted by atomic mass is 16.5. The van der Waals surface area contributed by atoms with Gasteiger partial charge in [-0.05, 0) is 45.4 Å². The first-order valence-electron chi connectivity index (χ1n) is 8.64. The number of nitrogens with one attached hydrogen (secondary N) is 1. The number of likely N-dealkylation sites (N-methyl/N-ethyl adjacent to an activating group) is 1. The minimum Gasteiger partial charge on any atom is -0.385 e. The van der Waals surface area contributed by atoms with Crippen LogP contribution in [-0.4, -0.2) is 73.5 Å². The highest BCUT2D eigenvalue weighted by Crippen LogP contribution is 2.20. The van der Waals surface area contributed by atoms with Crippen LogP contribution in [0.3, 0.4) is 0 Å². The summed E-state index contributed by atoms with van der Waals surface area (Å²) in [6.45, 7) is 5.14. The van der Waals surface area contributed by atoms with Crippen molar-refractivity contribution in [1.29, 1.82) is 0 Å². The van der Waals surface area contributed by atoms with E-state index in [-0.39, 0.29) is 11.9 Å². The summed E-state index contributed by atoms with van der Waals surface area (Å²) in [5.74, 6) is 0.984. The van der Waals surface area contributed by atoms with E-state index < -0.39 is 0 Å². The van der Waals surface area contributed by atoms with Gasteiger partial charge in [0.25, 0.3) is 0 Å². The molecule has 1 aromatic rings. The summed E-state index contributed by atoms with van der Waals surface area (Å²) in [5.41, 5.74) is 0. The third kappa shape index (κ3) is 5.14. The third-order valence-electron chi connectivity index (χ3n) is 4.67.